The summed E-state index contributed by atoms with van der Waals surface area (Å²) < 4.78 is 5.48. The van der Waals surface area contributed by atoms with Crippen molar-refractivity contribution < 1.29 is 14.3 Å². The van der Waals surface area contributed by atoms with Crippen LogP contribution in [-0.4, -0.2) is 35.7 Å². The third kappa shape index (κ3) is 3.14. The Balaban J connectivity index is 1.75. The van der Waals surface area contributed by atoms with Gasteiger partial charge in [-0.05, 0) is 24.1 Å². The molecule has 1 aromatic heterocycles. The molecule has 116 valence electrons. The Morgan fingerprint density at radius 1 is 1.32 bits per heavy atom. The van der Waals surface area contributed by atoms with Gasteiger partial charge in [-0.1, -0.05) is 30.3 Å². The van der Waals surface area contributed by atoms with Crippen molar-refractivity contribution in [3.05, 3.63) is 60.1 Å². The summed E-state index contributed by atoms with van der Waals surface area (Å²) in [5, 5.41) is 12.2. The van der Waals surface area contributed by atoms with Crippen molar-refractivity contribution in [1.29, 1.82) is 0 Å². The van der Waals surface area contributed by atoms with E-state index in [1.807, 2.05) is 42.5 Å². The smallest absolute Gasteiger partial charge is 0.318 e. The molecule has 0 radical (unpaired) electrons. The van der Waals surface area contributed by atoms with Gasteiger partial charge in [0.2, 0.25) is 0 Å². The minimum atomic E-state index is -0.308. The van der Waals surface area contributed by atoms with Crippen molar-refractivity contribution in [2.75, 3.05) is 19.7 Å². The molecule has 1 saturated heterocycles. The van der Waals surface area contributed by atoms with Gasteiger partial charge in [0.1, 0.15) is 11.8 Å². The highest BCUT2D eigenvalue weighted by Crippen LogP contribution is 2.23. The van der Waals surface area contributed by atoms with E-state index in [9.17, 15) is 9.90 Å². The first-order valence-electron chi connectivity index (χ1n) is 7.52. The van der Waals surface area contributed by atoms with Gasteiger partial charge in [0.25, 0.3) is 0 Å². The maximum absolute atomic E-state index is 12.5. The monoisotopic (exact) mass is 300 g/mol. The van der Waals surface area contributed by atoms with Crippen molar-refractivity contribution in [2.45, 2.75) is 12.5 Å². The molecule has 2 heterocycles. The van der Waals surface area contributed by atoms with Crippen LogP contribution < -0.4 is 5.32 Å². The van der Waals surface area contributed by atoms with Crippen molar-refractivity contribution in [3.63, 3.8) is 0 Å². The summed E-state index contributed by atoms with van der Waals surface area (Å²) in [6.07, 6.45) is 2.45. The first-order chi connectivity index (χ1) is 10.8. The number of carbonyl (C=O) groups is 1. The number of aliphatic hydroxyl groups excluding tert-OH is 1. The Kier molecular flexibility index (Phi) is 4.44. The summed E-state index contributed by atoms with van der Waals surface area (Å²) in [6, 6.07) is 13.0. The molecular weight excluding hydrogens is 280 g/mol. The van der Waals surface area contributed by atoms with Gasteiger partial charge >= 0.3 is 6.03 Å². The number of nitrogens with zero attached hydrogens (tertiary/aromatic N) is 1. The van der Waals surface area contributed by atoms with Crippen molar-refractivity contribution in [2.24, 2.45) is 5.92 Å². The fraction of sp³-hybridized carbons (Fsp3) is 0.353. The summed E-state index contributed by atoms with van der Waals surface area (Å²) in [4.78, 5) is 14.2. The maximum Gasteiger partial charge on any atom is 0.318 e. The molecule has 2 N–H and O–H groups in total. The van der Waals surface area contributed by atoms with Crippen molar-refractivity contribution >= 4 is 6.03 Å². The van der Waals surface area contributed by atoms with Gasteiger partial charge in [-0.3, -0.25) is 0 Å². The van der Waals surface area contributed by atoms with E-state index >= 15 is 0 Å². The van der Waals surface area contributed by atoms with Gasteiger partial charge in [0, 0.05) is 25.6 Å². The lowest BCUT2D eigenvalue weighted by atomic mass is 10.0. The molecule has 2 atom stereocenters. The Morgan fingerprint density at radius 3 is 2.77 bits per heavy atom. The van der Waals surface area contributed by atoms with Crippen LogP contribution in [0.3, 0.4) is 0 Å². The second-order valence-electron chi connectivity index (χ2n) is 5.59. The zero-order valence-corrected chi connectivity index (χ0v) is 12.3. The number of urea groups is 1. The Morgan fingerprint density at radius 2 is 2.14 bits per heavy atom. The molecular formula is C17H20N2O3. The topological polar surface area (TPSA) is 65.7 Å². The third-order valence-corrected chi connectivity index (χ3v) is 4.06. The highest BCUT2D eigenvalue weighted by atomic mass is 16.3. The van der Waals surface area contributed by atoms with Crippen LogP contribution in [0.25, 0.3) is 0 Å². The molecule has 3 rings (SSSR count). The molecule has 0 saturated carbocycles. The normalized spacial score (nSPS) is 19.1. The SMILES string of the molecule is O=C(NC(c1ccccc1)c1ccco1)N1CCC(CO)C1. The van der Waals surface area contributed by atoms with Crippen LogP contribution in [0.4, 0.5) is 4.79 Å². The minimum Gasteiger partial charge on any atom is -0.467 e. The highest BCUT2D eigenvalue weighted by molar-refractivity contribution is 5.75. The number of amides is 2. The molecule has 1 fully saturated rings. The van der Waals surface area contributed by atoms with Gasteiger partial charge in [-0.2, -0.15) is 0 Å². The number of hydrogen-bond acceptors (Lipinski definition) is 3. The molecule has 1 aliphatic heterocycles. The predicted molar refractivity (Wildman–Crippen MR) is 82.3 cm³/mol. The van der Waals surface area contributed by atoms with E-state index in [0.29, 0.717) is 18.8 Å². The first-order valence-corrected chi connectivity index (χ1v) is 7.52. The van der Waals surface area contributed by atoms with Crippen LogP contribution in [0, 0.1) is 5.92 Å². The lowest BCUT2D eigenvalue weighted by Crippen LogP contribution is -2.40. The van der Waals surface area contributed by atoms with Crippen LogP contribution >= 0.6 is 0 Å². The average molecular weight is 300 g/mol. The first kappa shape index (κ1) is 14.7. The molecule has 1 aromatic carbocycles. The third-order valence-electron chi connectivity index (χ3n) is 4.06. The molecule has 5 heteroatoms. The summed E-state index contributed by atoms with van der Waals surface area (Å²) in [6.45, 7) is 1.41. The zero-order chi connectivity index (χ0) is 15.4. The molecule has 0 spiro atoms. The number of benzene rings is 1. The van der Waals surface area contributed by atoms with Gasteiger partial charge in [-0.25, -0.2) is 4.79 Å². The number of rotatable bonds is 4. The summed E-state index contributed by atoms with van der Waals surface area (Å²) in [5.74, 6) is 0.891. The molecule has 0 aliphatic carbocycles. The van der Waals surface area contributed by atoms with Crippen molar-refractivity contribution in [3.8, 4) is 0 Å². The molecule has 2 aromatic rings. The molecule has 2 amide bonds. The van der Waals surface area contributed by atoms with E-state index < -0.39 is 0 Å². The second kappa shape index (κ2) is 6.66. The van der Waals surface area contributed by atoms with Crippen LogP contribution in [-0.2, 0) is 0 Å². The molecule has 2 unspecified atom stereocenters. The Hall–Kier alpha value is -2.27. The van der Waals surface area contributed by atoms with Gasteiger partial charge in [0.15, 0.2) is 0 Å². The number of likely N-dealkylation sites (tertiary alicyclic amines) is 1. The maximum atomic E-state index is 12.5. The van der Waals surface area contributed by atoms with E-state index in [-0.39, 0.29) is 24.6 Å². The van der Waals surface area contributed by atoms with Crippen LogP contribution in [0.15, 0.2) is 53.1 Å². The summed E-state index contributed by atoms with van der Waals surface area (Å²) in [5.41, 5.74) is 0.976. The Bertz CT molecular complexity index is 598. The zero-order valence-electron chi connectivity index (χ0n) is 12.3. The molecule has 5 nitrogen and oxygen atoms in total. The summed E-state index contributed by atoms with van der Waals surface area (Å²) >= 11 is 0. The predicted octanol–water partition coefficient (Wildman–Crippen LogP) is 2.39. The fourth-order valence-corrected chi connectivity index (χ4v) is 2.80. The Labute approximate surface area is 129 Å². The molecule has 1 aliphatic rings. The average Bonchev–Trinajstić information content (AvgIpc) is 3.24. The molecule has 0 bridgehead atoms. The van der Waals surface area contributed by atoms with Gasteiger partial charge in [0.05, 0.1) is 6.26 Å². The van der Waals surface area contributed by atoms with Crippen molar-refractivity contribution in [1.82, 2.24) is 10.2 Å². The van der Waals surface area contributed by atoms with E-state index in [4.69, 9.17) is 4.42 Å². The number of hydrogen-bond donors (Lipinski definition) is 2. The van der Waals surface area contributed by atoms with E-state index in [0.717, 1.165) is 12.0 Å². The van der Waals surface area contributed by atoms with E-state index in [1.54, 1.807) is 11.2 Å². The highest BCUT2D eigenvalue weighted by Gasteiger charge is 2.28. The number of carbonyl (C=O) groups excluding carboxylic acids is 1. The van der Waals surface area contributed by atoms with Gasteiger partial charge < -0.3 is 19.7 Å². The van der Waals surface area contributed by atoms with Gasteiger partial charge in [-0.15, -0.1) is 0 Å². The number of furan rings is 1. The van der Waals surface area contributed by atoms with Crippen LogP contribution in [0.1, 0.15) is 23.8 Å². The second-order valence-corrected chi connectivity index (χ2v) is 5.59. The largest absolute Gasteiger partial charge is 0.467 e. The molecule has 22 heavy (non-hydrogen) atoms. The summed E-state index contributed by atoms with van der Waals surface area (Å²) in [7, 11) is 0. The standard InChI is InChI=1S/C17H20N2O3/c20-12-13-8-9-19(11-13)17(21)18-16(15-7-4-10-22-15)14-5-2-1-3-6-14/h1-7,10,13,16,20H,8-9,11-12H2,(H,18,21). The minimum absolute atomic E-state index is 0.124. The fourth-order valence-electron chi connectivity index (χ4n) is 2.80. The van der Waals surface area contributed by atoms with Crippen LogP contribution in [0.5, 0.6) is 0 Å². The van der Waals surface area contributed by atoms with E-state index in [2.05, 4.69) is 5.32 Å². The lowest BCUT2D eigenvalue weighted by molar-refractivity contribution is 0.195. The lowest BCUT2D eigenvalue weighted by Gasteiger charge is -2.22. The number of nitrogens with one attached hydrogen (secondary N) is 1. The van der Waals surface area contributed by atoms with E-state index in [1.165, 1.54) is 0 Å². The number of aliphatic hydroxyl groups is 1. The quantitative estimate of drug-likeness (QED) is 0.911. The van der Waals surface area contributed by atoms with Crippen LogP contribution in [0.2, 0.25) is 0 Å².